The van der Waals surface area contributed by atoms with E-state index in [1.807, 2.05) is 6.07 Å². The highest BCUT2D eigenvalue weighted by Gasteiger charge is 2.13. The van der Waals surface area contributed by atoms with Gasteiger partial charge in [-0.1, -0.05) is 47.6 Å². The Morgan fingerprint density at radius 3 is 2.64 bits per heavy atom. The summed E-state index contributed by atoms with van der Waals surface area (Å²) in [5.74, 6) is 0.832. The molecule has 0 amide bonds. The van der Waals surface area contributed by atoms with Gasteiger partial charge in [0.2, 0.25) is 15.9 Å². The van der Waals surface area contributed by atoms with Crippen molar-refractivity contribution in [2.75, 3.05) is 12.3 Å². The van der Waals surface area contributed by atoms with Crippen molar-refractivity contribution in [2.45, 2.75) is 10.1 Å². The second-order valence-electron chi connectivity index (χ2n) is 4.94. The summed E-state index contributed by atoms with van der Waals surface area (Å²) in [7, 11) is -3.50. The van der Waals surface area contributed by atoms with Crippen molar-refractivity contribution < 1.29 is 12.8 Å². The predicted octanol–water partition coefficient (Wildman–Crippen LogP) is 3.46. The van der Waals surface area contributed by atoms with Crippen LogP contribution in [-0.2, 0) is 10.0 Å². The van der Waals surface area contributed by atoms with Crippen LogP contribution in [0.1, 0.15) is 0 Å². The first-order valence-corrected chi connectivity index (χ1v) is 10.2. The van der Waals surface area contributed by atoms with Gasteiger partial charge in [0.25, 0.3) is 5.22 Å². The van der Waals surface area contributed by atoms with Crippen molar-refractivity contribution in [1.82, 2.24) is 14.9 Å². The zero-order valence-corrected chi connectivity index (χ0v) is 15.3. The van der Waals surface area contributed by atoms with E-state index in [1.54, 1.807) is 48.5 Å². The topological polar surface area (TPSA) is 85.1 Å². The molecule has 1 N–H and O–H groups in total. The molecule has 1 aromatic heterocycles. The largest absolute Gasteiger partial charge is 0.411 e. The molecule has 3 rings (SSSR count). The number of hydrogen-bond acceptors (Lipinski definition) is 6. The number of nitrogens with zero attached hydrogens (tertiary/aromatic N) is 2. The molecule has 0 spiro atoms. The van der Waals surface area contributed by atoms with Crippen LogP contribution in [0.3, 0.4) is 0 Å². The summed E-state index contributed by atoms with van der Waals surface area (Å²) >= 11 is 7.21. The molecule has 0 atom stereocenters. The average Bonchev–Trinajstić information content (AvgIpc) is 3.09. The Hall–Kier alpha value is -1.87. The standard InChI is InChI=1S/C16H14ClN3O3S2/c17-13-6-4-5-12(11-13)15-19-20-16(23-15)24-10-9-18-25(21,22)14-7-2-1-3-8-14/h1-8,11,18H,9-10H2. The molecule has 0 bridgehead atoms. The van der Waals surface area contributed by atoms with Crippen molar-refractivity contribution in [3.8, 4) is 11.5 Å². The van der Waals surface area contributed by atoms with Gasteiger partial charge in [0.15, 0.2) is 0 Å². The Morgan fingerprint density at radius 2 is 1.88 bits per heavy atom. The minimum atomic E-state index is -3.50. The summed E-state index contributed by atoms with van der Waals surface area (Å²) in [6, 6.07) is 15.3. The van der Waals surface area contributed by atoms with Gasteiger partial charge in [0.1, 0.15) is 0 Å². The third-order valence-electron chi connectivity index (χ3n) is 3.15. The van der Waals surface area contributed by atoms with Gasteiger partial charge in [0, 0.05) is 22.9 Å². The van der Waals surface area contributed by atoms with Gasteiger partial charge >= 0.3 is 0 Å². The minimum absolute atomic E-state index is 0.237. The smallest absolute Gasteiger partial charge is 0.276 e. The summed E-state index contributed by atoms with van der Waals surface area (Å²) in [5.41, 5.74) is 0.733. The van der Waals surface area contributed by atoms with Gasteiger partial charge in [-0.3, -0.25) is 0 Å². The molecule has 25 heavy (non-hydrogen) atoms. The Kier molecular flexibility index (Phi) is 5.74. The number of benzene rings is 2. The molecule has 9 heteroatoms. The number of aromatic nitrogens is 2. The quantitative estimate of drug-likeness (QED) is 0.487. The predicted molar refractivity (Wildman–Crippen MR) is 97.1 cm³/mol. The maximum absolute atomic E-state index is 12.1. The van der Waals surface area contributed by atoms with Gasteiger partial charge in [-0.15, -0.1) is 10.2 Å². The molecule has 130 valence electrons. The monoisotopic (exact) mass is 395 g/mol. The van der Waals surface area contributed by atoms with Crippen LogP contribution in [0.4, 0.5) is 0 Å². The van der Waals surface area contributed by atoms with Crippen molar-refractivity contribution in [3.05, 3.63) is 59.6 Å². The fourth-order valence-corrected chi connectivity index (χ4v) is 3.99. The molecular formula is C16H14ClN3O3S2. The van der Waals surface area contributed by atoms with Crippen LogP contribution in [0.5, 0.6) is 0 Å². The first-order chi connectivity index (χ1) is 12.0. The lowest BCUT2D eigenvalue weighted by Crippen LogP contribution is -2.25. The summed E-state index contributed by atoms with van der Waals surface area (Å²) in [6.07, 6.45) is 0. The molecule has 3 aromatic rings. The lowest BCUT2D eigenvalue weighted by atomic mass is 10.2. The van der Waals surface area contributed by atoms with E-state index in [0.717, 1.165) is 5.56 Å². The highest BCUT2D eigenvalue weighted by molar-refractivity contribution is 7.99. The Bertz CT molecular complexity index is 946. The summed E-state index contributed by atoms with van der Waals surface area (Å²) in [4.78, 5) is 0.237. The Balaban J connectivity index is 1.53. The summed E-state index contributed by atoms with van der Waals surface area (Å²) < 4.78 is 32.2. The van der Waals surface area contributed by atoms with E-state index >= 15 is 0 Å². The molecule has 0 saturated heterocycles. The number of halogens is 1. The first kappa shape index (κ1) is 17.9. The van der Waals surface area contributed by atoms with E-state index in [-0.39, 0.29) is 11.4 Å². The van der Waals surface area contributed by atoms with Crippen molar-refractivity contribution in [2.24, 2.45) is 0 Å². The number of thioether (sulfide) groups is 1. The third-order valence-corrected chi connectivity index (χ3v) is 5.68. The molecule has 0 saturated carbocycles. The van der Waals surface area contributed by atoms with E-state index in [4.69, 9.17) is 16.0 Å². The van der Waals surface area contributed by atoms with E-state index < -0.39 is 10.0 Å². The molecule has 6 nitrogen and oxygen atoms in total. The van der Waals surface area contributed by atoms with Crippen LogP contribution >= 0.6 is 23.4 Å². The molecule has 0 aliphatic heterocycles. The van der Waals surface area contributed by atoms with Gasteiger partial charge in [-0.05, 0) is 30.3 Å². The normalized spacial score (nSPS) is 11.6. The fourth-order valence-electron chi connectivity index (χ4n) is 2.00. The van der Waals surface area contributed by atoms with Gasteiger partial charge in [0.05, 0.1) is 4.90 Å². The number of nitrogens with one attached hydrogen (secondary N) is 1. The molecule has 0 radical (unpaired) electrons. The van der Waals surface area contributed by atoms with E-state index in [2.05, 4.69) is 14.9 Å². The van der Waals surface area contributed by atoms with E-state index in [9.17, 15) is 8.42 Å². The molecule has 2 aromatic carbocycles. The van der Waals surface area contributed by atoms with Crippen molar-refractivity contribution >= 4 is 33.4 Å². The van der Waals surface area contributed by atoms with Gasteiger partial charge in [-0.2, -0.15) is 0 Å². The van der Waals surface area contributed by atoms with Crippen LogP contribution in [0.25, 0.3) is 11.5 Å². The maximum atomic E-state index is 12.1. The third kappa shape index (κ3) is 4.82. The van der Waals surface area contributed by atoms with Gasteiger partial charge < -0.3 is 4.42 Å². The van der Waals surface area contributed by atoms with Crippen molar-refractivity contribution in [1.29, 1.82) is 0 Å². The molecular weight excluding hydrogens is 382 g/mol. The first-order valence-electron chi connectivity index (χ1n) is 7.31. The number of rotatable bonds is 7. The van der Waals surface area contributed by atoms with Crippen molar-refractivity contribution in [3.63, 3.8) is 0 Å². The summed E-state index contributed by atoms with van der Waals surface area (Å²) in [5, 5.41) is 8.86. The fraction of sp³-hybridized carbons (Fsp3) is 0.125. The van der Waals surface area contributed by atoms with Crippen LogP contribution in [0.2, 0.25) is 5.02 Å². The second kappa shape index (κ2) is 8.01. The highest BCUT2D eigenvalue weighted by atomic mass is 35.5. The second-order valence-corrected chi connectivity index (χ2v) is 8.19. The van der Waals surface area contributed by atoms with Crippen LogP contribution in [0.15, 0.2) is 69.1 Å². The molecule has 0 aliphatic carbocycles. The maximum Gasteiger partial charge on any atom is 0.276 e. The number of hydrogen-bond donors (Lipinski definition) is 1. The molecule has 0 fully saturated rings. The Morgan fingerprint density at radius 1 is 1.08 bits per heavy atom. The molecule has 0 aliphatic rings. The van der Waals surface area contributed by atoms with Gasteiger partial charge in [-0.25, -0.2) is 13.1 Å². The minimum Gasteiger partial charge on any atom is -0.411 e. The molecule has 0 unspecified atom stereocenters. The van der Waals surface area contributed by atoms with E-state index in [1.165, 1.54) is 11.8 Å². The lowest BCUT2D eigenvalue weighted by Gasteiger charge is -2.05. The van der Waals surface area contributed by atoms with E-state index in [0.29, 0.717) is 21.9 Å². The summed E-state index contributed by atoms with van der Waals surface area (Å²) in [6.45, 7) is 0.247. The van der Waals surface area contributed by atoms with Crippen LogP contribution in [-0.4, -0.2) is 30.9 Å². The average molecular weight is 396 g/mol. The zero-order valence-electron chi connectivity index (χ0n) is 12.9. The SMILES string of the molecule is O=S(=O)(NCCSc1nnc(-c2cccc(Cl)c2)o1)c1ccccc1. The molecule has 1 heterocycles. The van der Waals surface area contributed by atoms with Crippen LogP contribution < -0.4 is 4.72 Å². The zero-order chi connectivity index (χ0) is 17.7. The highest BCUT2D eigenvalue weighted by Crippen LogP contribution is 2.24. The van der Waals surface area contributed by atoms with Crippen LogP contribution in [0, 0.1) is 0 Å². The Labute approximate surface area is 154 Å². The lowest BCUT2D eigenvalue weighted by molar-refractivity contribution is 0.466. The number of sulfonamides is 1.